The first kappa shape index (κ1) is 18.9. The summed E-state index contributed by atoms with van der Waals surface area (Å²) >= 11 is 0. The van der Waals surface area contributed by atoms with Crippen molar-refractivity contribution < 1.29 is 4.79 Å². The summed E-state index contributed by atoms with van der Waals surface area (Å²) in [5, 5.41) is 16.9. The Morgan fingerprint density at radius 2 is 1.86 bits per heavy atom. The van der Waals surface area contributed by atoms with Crippen molar-refractivity contribution in [2.75, 3.05) is 11.1 Å². The normalized spacial score (nSPS) is 11.1. The van der Waals surface area contributed by atoms with Crippen LogP contribution in [0.3, 0.4) is 0 Å². The molecule has 3 rings (SSSR count). The van der Waals surface area contributed by atoms with E-state index in [1.807, 2.05) is 26.8 Å². The number of nitrogen functional groups attached to an aromatic ring is 1. The molecule has 0 saturated heterocycles. The number of nitriles is 1. The SMILES string of the molecule is CC(C)(C)n1nc(-c2ccc(N)cc2)c(C(N)=O)c1Nc1cccc(C#N)n1. The van der Waals surface area contributed by atoms with Crippen LogP contribution in [0.4, 0.5) is 17.3 Å². The highest BCUT2D eigenvalue weighted by Crippen LogP contribution is 2.34. The molecule has 0 aliphatic carbocycles. The number of anilines is 3. The first-order valence-electron chi connectivity index (χ1n) is 8.64. The Bertz CT molecular complexity index is 1070. The lowest BCUT2D eigenvalue weighted by atomic mass is 10.1. The molecule has 1 aromatic carbocycles. The molecule has 2 heterocycles. The third kappa shape index (κ3) is 3.64. The third-order valence-electron chi connectivity index (χ3n) is 4.06. The zero-order valence-electron chi connectivity index (χ0n) is 15.9. The van der Waals surface area contributed by atoms with Crippen molar-refractivity contribution in [3.8, 4) is 17.3 Å². The van der Waals surface area contributed by atoms with E-state index < -0.39 is 11.4 Å². The van der Waals surface area contributed by atoms with Gasteiger partial charge in [0.1, 0.15) is 34.7 Å². The van der Waals surface area contributed by atoms with Gasteiger partial charge in [-0.2, -0.15) is 10.4 Å². The van der Waals surface area contributed by atoms with Crippen LogP contribution in [0.2, 0.25) is 0 Å². The summed E-state index contributed by atoms with van der Waals surface area (Å²) < 4.78 is 1.69. The molecule has 0 fully saturated rings. The van der Waals surface area contributed by atoms with Gasteiger partial charge in [-0.25, -0.2) is 9.67 Å². The van der Waals surface area contributed by atoms with Gasteiger partial charge >= 0.3 is 0 Å². The summed E-state index contributed by atoms with van der Waals surface area (Å²) in [6.07, 6.45) is 0. The van der Waals surface area contributed by atoms with E-state index in [9.17, 15) is 4.79 Å². The van der Waals surface area contributed by atoms with E-state index >= 15 is 0 Å². The number of rotatable bonds is 4. The number of nitrogens with two attached hydrogens (primary N) is 2. The van der Waals surface area contributed by atoms with Crippen LogP contribution in [0.1, 0.15) is 36.8 Å². The topological polar surface area (TPSA) is 136 Å². The first-order valence-corrected chi connectivity index (χ1v) is 8.64. The molecule has 0 aliphatic rings. The van der Waals surface area contributed by atoms with Gasteiger partial charge < -0.3 is 16.8 Å². The van der Waals surface area contributed by atoms with Crippen LogP contribution in [0.5, 0.6) is 0 Å². The summed E-state index contributed by atoms with van der Waals surface area (Å²) in [7, 11) is 0. The number of pyridine rings is 1. The average molecular weight is 375 g/mol. The smallest absolute Gasteiger partial charge is 0.254 e. The maximum atomic E-state index is 12.4. The summed E-state index contributed by atoms with van der Waals surface area (Å²) in [6.45, 7) is 5.88. The zero-order valence-corrected chi connectivity index (χ0v) is 15.9. The van der Waals surface area contributed by atoms with Gasteiger partial charge in [0.05, 0.1) is 5.54 Å². The lowest BCUT2D eigenvalue weighted by Gasteiger charge is -2.23. The van der Waals surface area contributed by atoms with E-state index in [1.54, 1.807) is 47.1 Å². The second-order valence-electron chi connectivity index (χ2n) is 7.29. The minimum atomic E-state index is -0.624. The third-order valence-corrected chi connectivity index (χ3v) is 4.06. The van der Waals surface area contributed by atoms with Crippen molar-refractivity contribution in [3.63, 3.8) is 0 Å². The van der Waals surface area contributed by atoms with E-state index in [4.69, 9.17) is 16.7 Å². The summed E-state index contributed by atoms with van der Waals surface area (Å²) in [5.41, 5.74) is 13.3. The minimum Gasteiger partial charge on any atom is -0.399 e. The standard InChI is InChI=1S/C20H21N7O/c1-20(2,3)27-19(25-15-6-4-5-14(11-21)24-15)16(18(23)28)17(26-27)12-7-9-13(22)10-8-12/h4-10H,22H2,1-3H3,(H2,23,28)(H,24,25). The first-order chi connectivity index (χ1) is 13.2. The second-order valence-corrected chi connectivity index (χ2v) is 7.29. The number of benzene rings is 1. The van der Waals surface area contributed by atoms with Crippen molar-refractivity contribution >= 4 is 23.2 Å². The maximum Gasteiger partial charge on any atom is 0.254 e. The lowest BCUT2D eigenvalue weighted by Crippen LogP contribution is -2.25. The zero-order chi connectivity index (χ0) is 20.5. The predicted octanol–water partition coefficient (Wildman–Crippen LogP) is 3.00. The minimum absolute atomic E-state index is 0.240. The van der Waals surface area contributed by atoms with Crippen LogP contribution in [0.25, 0.3) is 11.3 Å². The molecule has 142 valence electrons. The van der Waals surface area contributed by atoms with Crippen molar-refractivity contribution in [2.24, 2.45) is 5.73 Å². The van der Waals surface area contributed by atoms with Gasteiger partial charge in [0.15, 0.2) is 0 Å². The molecule has 0 saturated carbocycles. The van der Waals surface area contributed by atoms with Gasteiger partial charge in [0, 0.05) is 11.3 Å². The Morgan fingerprint density at radius 1 is 1.18 bits per heavy atom. The number of amides is 1. The Labute approximate surface area is 162 Å². The van der Waals surface area contributed by atoms with Gasteiger partial charge in [-0.05, 0) is 45.0 Å². The molecule has 3 aromatic rings. The molecule has 8 heteroatoms. The highest BCUT2D eigenvalue weighted by Gasteiger charge is 2.29. The van der Waals surface area contributed by atoms with E-state index in [2.05, 4.69) is 15.4 Å². The molecule has 28 heavy (non-hydrogen) atoms. The molecule has 0 spiro atoms. The van der Waals surface area contributed by atoms with Crippen LogP contribution < -0.4 is 16.8 Å². The molecule has 8 nitrogen and oxygen atoms in total. The van der Waals surface area contributed by atoms with E-state index in [-0.39, 0.29) is 11.3 Å². The van der Waals surface area contributed by atoms with Crippen molar-refractivity contribution in [1.82, 2.24) is 14.8 Å². The monoisotopic (exact) mass is 375 g/mol. The predicted molar refractivity (Wildman–Crippen MR) is 108 cm³/mol. The van der Waals surface area contributed by atoms with Crippen LogP contribution in [-0.2, 0) is 5.54 Å². The van der Waals surface area contributed by atoms with Crippen LogP contribution in [-0.4, -0.2) is 20.7 Å². The van der Waals surface area contributed by atoms with Crippen molar-refractivity contribution in [1.29, 1.82) is 5.26 Å². The van der Waals surface area contributed by atoms with Crippen LogP contribution in [0.15, 0.2) is 42.5 Å². The molecule has 0 unspecified atom stereocenters. The molecule has 5 N–H and O–H groups in total. The number of hydrogen-bond acceptors (Lipinski definition) is 6. The number of nitrogens with one attached hydrogen (secondary N) is 1. The number of carbonyl (C=O) groups excluding carboxylic acids is 1. The molecule has 0 aliphatic heterocycles. The quantitative estimate of drug-likeness (QED) is 0.600. The van der Waals surface area contributed by atoms with Crippen molar-refractivity contribution in [2.45, 2.75) is 26.3 Å². The largest absolute Gasteiger partial charge is 0.399 e. The molecule has 0 radical (unpaired) electrons. The van der Waals surface area contributed by atoms with Gasteiger partial charge in [-0.1, -0.05) is 18.2 Å². The fourth-order valence-corrected chi connectivity index (χ4v) is 2.78. The number of aromatic nitrogens is 3. The van der Waals surface area contributed by atoms with Gasteiger partial charge in [0.2, 0.25) is 0 Å². The summed E-state index contributed by atoms with van der Waals surface area (Å²) in [5.74, 6) is 0.200. The Balaban J connectivity index is 2.22. The fourth-order valence-electron chi connectivity index (χ4n) is 2.78. The maximum absolute atomic E-state index is 12.4. The molecule has 1 amide bonds. The summed E-state index contributed by atoms with van der Waals surface area (Å²) in [6, 6.07) is 14.0. The number of primary amides is 1. The van der Waals surface area contributed by atoms with Crippen LogP contribution in [0, 0.1) is 11.3 Å². The van der Waals surface area contributed by atoms with Gasteiger partial charge in [-0.3, -0.25) is 4.79 Å². The Morgan fingerprint density at radius 3 is 2.43 bits per heavy atom. The second kappa shape index (κ2) is 7.04. The van der Waals surface area contributed by atoms with E-state index in [0.29, 0.717) is 28.6 Å². The molecule has 0 bridgehead atoms. The van der Waals surface area contributed by atoms with E-state index in [0.717, 1.165) is 0 Å². The molecule has 0 atom stereocenters. The molecular formula is C20H21N7O. The van der Waals surface area contributed by atoms with Crippen LogP contribution >= 0.6 is 0 Å². The van der Waals surface area contributed by atoms with Gasteiger partial charge in [-0.15, -0.1) is 0 Å². The number of nitrogens with zero attached hydrogens (tertiary/aromatic N) is 4. The van der Waals surface area contributed by atoms with E-state index in [1.165, 1.54) is 0 Å². The molecular weight excluding hydrogens is 354 g/mol. The van der Waals surface area contributed by atoms with Gasteiger partial charge in [0.25, 0.3) is 5.91 Å². The highest BCUT2D eigenvalue weighted by atomic mass is 16.1. The summed E-state index contributed by atoms with van der Waals surface area (Å²) in [4.78, 5) is 16.6. The fraction of sp³-hybridized carbons (Fsp3) is 0.200. The number of hydrogen-bond donors (Lipinski definition) is 3. The lowest BCUT2D eigenvalue weighted by molar-refractivity contribution is 0.100. The molecule has 2 aromatic heterocycles. The Hall–Kier alpha value is -3.86. The van der Waals surface area contributed by atoms with Crippen molar-refractivity contribution in [3.05, 3.63) is 53.7 Å². The highest BCUT2D eigenvalue weighted by molar-refractivity contribution is 6.04. The number of carbonyl (C=O) groups is 1. The average Bonchev–Trinajstić information content (AvgIpc) is 3.02. The Kier molecular flexibility index (Phi) is 4.76.